The van der Waals surface area contributed by atoms with Crippen LogP contribution in [-0.4, -0.2) is 19.9 Å². The number of hydrogen-bond donors (Lipinski definition) is 3. The van der Waals surface area contributed by atoms with Crippen LogP contribution in [0.5, 0.6) is 5.88 Å². The Balaban J connectivity index is 3.29. The van der Waals surface area contributed by atoms with E-state index in [1.54, 1.807) is 6.92 Å². The first-order valence-corrected chi connectivity index (χ1v) is 3.95. The summed E-state index contributed by atoms with van der Waals surface area (Å²) in [7, 11) is 0. The molecule has 0 aromatic carbocycles. The second-order valence-corrected chi connectivity index (χ2v) is 3.31. The number of thiocarbonyl (C=S) groups is 1. The van der Waals surface area contributed by atoms with Gasteiger partial charge in [0.05, 0.1) is 5.56 Å². The molecule has 0 fully saturated rings. The highest BCUT2D eigenvalue weighted by molar-refractivity contribution is 7.80. The van der Waals surface area contributed by atoms with Crippen molar-refractivity contribution in [1.29, 1.82) is 0 Å². The molecule has 6 heteroatoms. The molecule has 0 radical (unpaired) electrons. The van der Waals surface area contributed by atoms with Crippen LogP contribution in [0.4, 0.5) is 0 Å². The van der Waals surface area contributed by atoms with Crippen LogP contribution in [0.2, 0.25) is 0 Å². The molecule has 0 aliphatic heterocycles. The molecule has 13 heavy (non-hydrogen) atoms. The molecule has 1 aromatic rings. The van der Waals surface area contributed by atoms with E-state index in [1.165, 1.54) is 0 Å². The molecule has 0 aliphatic carbocycles. The lowest BCUT2D eigenvalue weighted by atomic mass is 10.2. The average Bonchev–Trinajstić information content (AvgIpc) is 1.96. The smallest absolute Gasteiger partial charge is 0.328 e. The molecule has 1 rings (SSSR count). The van der Waals surface area contributed by atoms with E-state index >= 15 is 0 Å². The zero-order chi connectivity index (χ0) is 10.0. The Hall–Kier alpha value is -1.43. The Kier molecular flexibility index (Phi) is 2.62. The van der Waals surface area contributed by atoms with Crippen molar-refractivity contribution < 1.29 is 5.11 Å². The van der Waals surface area contributed by atoms with Crippen molar-refractivity contribution >= 4 is 17.1 Å². The molecular formula is C7H8N2O3S. The Bertz CT molecular complexity index is 446. The first-order chi connectivity index (χ1) is 6.00. The molecule has 0 aliphatic rings. The van der Waals surface area contributed by atoms with Crippen LogP contribution in [0.25, 0.3) is 0 Å². The topological polar surface area (TPSA) is 85.9 Å². The van der Waals surface area contributed by atoms with E-state index < -0.39 is 17.1 Å². The monoisotopic (exact) mass is 200 g/mol. The Morgan fingerprint density at radius 1 is 1.46 bits per heavy atom. The maximum atomic E-state index is 11.1. The molecule has 1 aromatic heterocycles. The zero-order valence-electron chi connectivity index (χ0n) is 6.88. The molecule has 5 nitrogen and oxygen atoms in total. The largest absolute Gasteiger partial charge is 0.494 e. The molecule has 0 saturated heterocycles. The summed E-state index contributed by atoms with van der Waals surface area (Å²) < 4.78 is 0. The fourth-order valence-electron chi connectivity index (χ4n) is 0.913. The van der Waals surface area contributed by atoms with Crippen LogP contribution in [0, 0.1) is 0 Å². The number of H-pyrrole nitrogens is 2. The van der Waals surface area contributed by atoms with E-state index in [1.807, 2.05) is 4.98 Å². The van der Waals surface area contributed by atoms with Crippen molar-refractivity contribution in [1.82, 2.24) is 9.97 Å². The third-order valence-electron chi connectivity index (χ3n) is 1.44. The van der Waals surface area contributed by atoms with Crippen molar-refractivity contribution in [2.45, 2.75) is 13.3 Å². The highest BCUT2D eigenvalue weighted by atomic mass is 32.1. The van der Waals surface area contributed by atoms with Crippen molar-refractivity contribution in [3.05, 3.63) is 26.4 Å². The van der Waals surface area contributed by atoms with Crippen molar-refractivity contribution in [2.24, 2.45) is 0 Å². The number of hydrogen-bond acceptors (Lipinski definition) is 4. The summed E-state index contributed by atoms with van der Waals surface area (Å²) in [6.45, 7) is 1.65. The molecular weight excluding hydrogens is 192 g/mol. The SMILES string of the molecule is CC(=S)Cc1c(O)[nH]c(=O)[nH]c1=O. The van der Waals surface area contributed by atoms with Crippen LogP contribution in [-0.2, 0) is 6.42 Å². The van der Waals surface area contributed by atoms with Gasteiger partial charge in [0.15, 0.2) is 0 Å². The molecule has 3 N–H and O–H groups in total. The lowest BCUT2D eigenvalue weighted by Gasteiger charge is -1.99. The van der Waals surface area contributed by atoms with Crippen LogP contribution < -0.4 is 11.2 Å². The molecule has 0 amide bonds. The summed E-state index contributed by atoms with van der Waals surface area (Å²) in [5.41, 5.74) is -1.24. The van der Waals surface area contributed by atoms with Gasteiger partial charge in [0, 0.05) is 6.42 Å². The van der Waals surface area contributed by atoms with Crippen molar-refractivity contribution in [3.8, 4) is 5.88 Å². The van der Waals surface area contributed by atoms with Crippen molar-refractivity contribution in [2.75, 3.05) is 0 Å². The quantitative estimate of drug-likeness (QED) is 0.572. The van der Waals surface area contributed by atoms with E-state index in [0.717, 1.165) is 0 Å². The summed E-state index contributed by atoms with van der Waals surface area (Å²) in [5, 5.41) is 9.19. The number of nitrogens with one attached hydrogen (secondary N) is 2. The third kappa shape index (κ3) is 2.25. The van der Waals surface area contributed by atoms with E-state index in [0.29, 0.717) is 4.86 Å². The van der Waals surface area contributed by atoms with Gasteiger partial charge in [-0.2, -0.15) is 0 Å². The van der Waals surface area contributed by atoms with Crippen LogP contribution in [0.15, 0.2) is 9.59 Å². The maximum Gasteiger partial charge on any atom is 0.328 e. The van der Waals surface area contributed by atoms with Gasteiger partial charge in [-0.3, -0.25) is 14.8 Å². The van der Waals surface area contributed by atoms with Crippen LogP contribution >= 0.6 is 12.2 Å². The highest BCUT2D eigenvalue weighted by Gasteiger charge is 2.08. The molecule has 0 saturated carbocycles. The molecule has 0 bridgehead atoms. The van der Waals surface area contributed by atoms with E-state index in [4.69, 9.17) is 12.2 Å². The van der Waals surface area contributed by atoms with Crippen LogP contribution in [0.1, 0.15) is 12.5 Å². The third-order valence-corrected chi connectivity index (χ3v) is 1.59. The fraction of sp³-hybridized carbons (Fsp3) is 0.286. The zero-order valence-corrected chi connectivity index (χ0v) is 7.70. The van der Waals surface area contributed by atoms with E-state index in [-0.39, 0.29) is 12.0 Å². The fourth-order valence-corrected chi connectivity index (χ4v) is 1.06. The van der Waals surface area contributed by atoms with E-state index in [9.17, 15) is 14.7 Å². The average molecular weight is 200 g/mol. The number of aromatic hydroxyl groups is 1. The predicted molar refractivity (Wildman–Crippen MR) is 51.3 cm³/mol. The standard InChI is InChI=1S/C7H8N2O3S/c1-3(13)2-4-5(10)8-7(12)9-6(4)11/h2H2,1H3,(H3,8,9,10,11,12). The number of aromatic amines is 2. The van der Waals surface area contributed by atoms with Crippen LogP contribution in [0.3, 0.4) is 0 Å². The summed E-state index contributed by atoms with van der Waals surface area (Å²) in [6, 6.07) is 0. The lowest BCUT2D eigenvalue weighted by Crippen LogP contribution is -2.25. The summed E-state index contributed by atoms with van der Waals surface area (Å²) in [6.07, 6.45) is 0.174. The van der Waals surface area contributed by atoms with Gasteiger partial charge in [0.1, 0.15) is 0 Å². The minimum atomic E-state index is -0.728. The molecule has 70 valence electrons. The molecule has 0 atom stereocenters. The molecule has 0 spiro atoms. The first kappa shape index (κ1) is 9.66. The van der Waals surface area contributed by atoms with Gasteiger partial charge >= 0.3 is 5.69 Å². The van der Waals surface area contributed by atoms with Gasteiger partial charge < -0.3 is 5.11 Å². The highest BCUT2D eigenvalue weighted by Crippen LogP contribution is 2.05. The minimum Gasteiger partial charge on any atom is -0.494 e. The van der Waals surface area contributed by atoms with Crippen molar-refractivity contribution in [3.63, 3.8) is 0 Å². The van der Waals surface area contributed by atoms with Gasteiger partial charge in [-0.1, -0.05) is 12.2 Å². The first-order valence-electron chi connectivity index (χ1n) is 3.54. The van der Waals surface area contributed by atoms with Gasteiger partial charge in [0.2, 0.25) is 5.88 Å². The van der Waals surface area contributed by atoms with Gasteiger partial charge in [-0.05, 0) is 11.8 Å². The summed E-state index contributed by atoms with van der Waals surface area (Å²) in [4.78, 5) is 26.4. The van der Waals surface area contributed by atoms with Gasteiger partial charge in [-0.15, -0.1) is 0 Å². The normalized spacial score (nSPS) is 9.92. The number of aromatic nitrogens is 2. The maximum absolute atomic E-state index is 11.1. The van der Waals surface area contributed by atoms with Gasteiger partial charge in [-0.25, -0.2) is 4.79 Å². The second kappa shape index (κ2) is 3.53. The lowest BCUT2D eigenvalue weighted by molar-refractivity contribution is 0.442. The predicted octanol–water partition coefficient (Wildman–Crippen LogP) is -0.299. The molecule has 0 unspecified atom stereocenters. The minimum absolute atomic E-state index is 0.0899. The summed E-state index contributed by atoms with van der Waals surface area (Å²) in [5.74, 6) is -0.419. The van der Waals surface area contributed by atoms with E-state index in [2.05, 4.69) is 4.98 Å². The molecule has 1 heterocycles. The summed E-state index contributed by atoms with van der Waals surface area (Å²) >= 11 is 4.77. The second-order valence-electron chi connectivity index (χ2n) is 2.61. The number of rotatable bonds is 2. The Morgan fingerprint density at radius 3 is 2.54 bits per heavy atom. The Labute approximate surface area is 78.4 Å². The Morgan fingerprint density at radius 2 is 2.08 bits per heavy atom. The van der Waals surface area contributed by atoms with Gasteiger partial charge in [0.25, 0.3) is 5.56 Å².